The smallest absolute Gasteiger partial charge is 0.408 e. The molecule has 87 valence electrons. The van der Waals surface area contributed by atoms with Crippen LogP contribution in [0.3, 0.4) is 0 Å². The maximum Gasteiger partial charge on any atom is 0.408 e. The molecule has 0 heterocycles. The van der Waals surface area contributed by atoms with Crippen LogP contribution in [-0.2, 0) is 4.74 Å². The summed E-state index contributed by atoms with van der Waals surface area (Å²) in [7, 11) is 0. The second-order valence-electron chi connectivity index (χ2n) is 5.36. The van der Waals surface area contributed by atoms with Crippen LogP contribution in [0.1, 0.15) is 33.6 Å². The molecule has 1 fully saturated rings. The van der Waals surface area contributed by atoms with E-state index in [0.717, 1.165) is 0 Å². The largest absolute Gasteiger partial charge is 0.444 e. The molecule has 1 aliphatic carbocycles. The molecule has 0 atom stereocenters. The summed E-state index contributed by atoms with van der Waals surface area (Å²) in [6, 6.07) is 0. The van der Waals surface area contributed by atoms with Crippen LogP contribution in [0.25, 0.3) is 0 Å². The van der Waals surface area contributed by atoms with Gasteiger partial charge in [0, 0.05) is 12.1 Å². The minimum absolute atomic E-state index is 0.160. The Bertz CT molecular complexity index is 239. The number of aliphatic hydroxyl groups excluding tert-OH is 1. The van der Waals surface area contributed by atoms with Crippen molar-refractivity contribution in [3.05, 3.63) is 6.92 Å². The minimum Gasteiger partial charge on any atom is -0.444 e. The van der Waals surface area contributed by atoms with Crippen LogP contribution in [0.15, 0.2) is 0 Å². The van der Waals surface area contributed by atoms with Gasteiger partial charge in [0.05, 0.1) is 0 Å². The van der Waals surface area contributed by atoms with Crippen molar-refractivity contribution in [1.82, 2.24) is 5.32 Å². The SMILES string of the molecule is [CH2]C1(NC(=O)OC(C)(C)C)CC(CO)C1. The summed E-state index contributed by atoms with van der Waals surface area (Å²) in [4.78, 5) is 11.4. The van der Waals surface area contributed by atoms with Gasteiger partial charge < -0.3 is 15.2 Å². The van der Waals surface area contributed by atoms with E-state index in [1.54, 1.807) is 0 Å². The number of amides is 1. The standard InChI is InChI=1S/C11H20NO3/c1-10(2,3)15-9(14)12-11(4)5-8(6-11)7-13/h8,13H,4-7H2,1-3H3,(H,12,14). The Morgan fingerprint density at radius 2 is 2.13 bits per heavy atom. The average molecular weight is 214 g/mol. The Morgan fingerprint density at radius 3 is 2.53 bits per heavy atom. The van der Waals surface area contributed by atoms with Crippen molar-refractivity contribution in [1.29, 1.82) is 0 Å². The zero-order valence-electron chi connectivity index (χ0n) is 9.67. The maximum absolute atomic E-state index is 11.4. The second kappa shape index (κ2) is 4.00. The topological polar surface area (TPSA) is 58.6 Å². The maximum atomic E-state index is 11.4. The molecule has 1 amide bonds. The van der Waals surface area contributed by atoms with E-state index in [2.05, 4.69) is 12.2 Å². The third-order valence-electron chi connectivity index (χ3n) is 2.38. The summed E-state index contributed by atoms with van der Waals surface area (Å²) < 4.78 is 5.13. The lowest BCUT2D eigenvalue weighted by molar-refractivity contribution is 0.0299. The van der Waals surface area contributed by atoms with Gasteiger partial charge in [-0.25, -0.2) is 4.79 Å². The summed E-state index contributed by atoms with van der Waals surface area (Å²) in [5.41, 5.74) is -0.934. The molecule has 0 bridgehead atoms. The normalized spacial score (nSPS) is 30.6. The van der Waals surface area contributed by atoms with Gasteiger partial charge in [0.15, 0.2) is 0 Å². The van der Waals surface area contributed by atoms with Crippen molar-refractivity contribution in [3.8, 4) is 0 Å². The quantitative estimate of drug-likeness (QED) is 0.732. The van der Waals surface area contributed by atoms with Gasteiger partial charge in [0.2, 0.25) is 0 Å². The van der Waals surface area contributed by atoms with Crippen LogP contribution in [0, 0.1) is 12.8 Å². The molecule has 0 spiro atoms. The first-order chi connectivity index (χ1) is 6.74. The number of hydrogen-bond donors (Lipinski definition) is 2. The highest BCUT2D eigenvalue weighted by Crippen LogP contribution is 2.36. The van der Waals surface area contributed by atoms with Gasteiger partial charge in [-0.1, -0.05) is 0 Å². The molecule has 2 N–H and O–H groups in total. The Kier molecular flexibility index (Phi) is 3.28. The first-order valence-corrected chi connectivity index (χ1v) is 5.21. The van der Waals surface area contributed by atoms with Gasteiger partial charge in [0.25, 0.3) is 0 Å². The molecule has 1 saturated carbocycles. The Balaban J connectivity index is 2.34. The van der Waals surface area contributed by atoms with Crippen LogP contribution in [0.4, 0.5) is 4.79 Å². The van der Waals surface area contributed by atoms with E-state index in [4.69, 9.17) is 9.84 Å². The van der Waals surface area contributed by atoms with E-state index in [-0.39, 0.29) is 12.5 Å². The lowest BCUT2D eigenvalue weighted by Crippen LogP contribution is -2.56. The predicted molar refractivity (Wildman–Crippen MR) is 57.3 cm³/mol. The Morgan fingerprint density at radius 1 is 1.60 bits per heavy atom. The van der Waals surface area contributed by atoms with Crippen molar-refractivity contribution < 1.29 is 14.6 Å². The van der Waals surface area contributed by atoms with E-state index in [1.807, 2.05) is 20.8 Å². The third kappa shape index (κ3) is 3.70. The summed E-state index contributed by atoms with van der Waals surface area (Å²) in [5, 5.41) is 11.6. The van der Waals surface area contributed by atoms with E-state index in [9.17, 15) is 4.79 Å². The van der Waals surface area contributed by atoms with Gasteiger partial charge in [-0.2, -0.15) is 0 Å². The summed E-state index contributed by atoms with van der Waals surface area (Å²) in [6.07, 6.45) is 0.986. The highest BCUT2D eigenvalue weighted by molar-refractivity contribution is 5.69. The van der Waals surface area contributed by atoms with Crippen LogP contribution in [-0.4, -0.2) is 28.9 Å². The minimum atomic E-state index is -0.486. The highest BCUT2D eigenvalue weighted by Gasteiger charge is 2.41. The van der Waals surface area contributed by atoms with Crippen LogP contribution >= 0.6 is 0 Å². The van der Waals surface area contributed by atoms with E-state index >= 15 is 0 Å². The number of aliphatic hydroxyl groups is 1. The molecule has 0 aromatic carbocycles. The van der Waals surface area contributed by atoms with E-state index < -0.39 is 17.2 Å². The molecule has 4 heteroatoms. The van der Waals surface area contributed by atoms with Gasteiger partial charge in [-0.3, -0.25) is 0 Å². The molecule has 1 rings (SSSR count). The third-order valence-corrected chi connectivity index (χ3v) is 2.38. The number of nitrogens with one attached hydrogen (secondary N) is 1. The van der Waals surface area contributed by atoms with Crippen LogP contribution < -0.4 is 5.32 Å². The van der Waals surface area contributed by atoms with E-state index in [1.165, 1.54) is 0 Å². The fourth-order valence-corrected chi connectivity index (χ4v) is 1.80. The van der Waals surface area contributed by atoms with Gasteiger partial charge in [-0.05, 0) is 46.5 Å². The van der Waals surface area contributed by atoms with Crippen LogP contribution in [0.2, 0.25) is 0 Å². The molecule has 0 aromatic rings. The average Bonchev–Trinajstić information content (AvgIpc) is 1.95. The molecule has 1 radical (unpaired) electrons. The molecule has 0 aliphatic heterocycles. The fraction of sp³-hybridized carbons (Fsp3) is 0.818. The number of alkyl carbamates (subject to hydrolysis) is 1. The van der Waals surface area contributed by atoms with E-state index in [0.29, 0.717) is 12.8 Å². The van der Waals surface area contributed by atoms with Gasteiger partial charge >= 0.3 is 6.09 Å². The molecular formula is C11H20NO3. The van der Waals surface area contributed by atoms with Crippen molar-refractivity contribution in [2.75, 3.05) is 6.61 Å². The molecule has 4 nitrogen and oxygen atoms in total. The summed E-state index contributed by atoms with van der Waals surface area (Å²) in [6.45, 7) is 9.54. The van der Waals surface area contributed by atoms with Crippen molar-refractivity contribution in [2.45, 2.75) is 44.8 Å². The number of hydrogen-bond acceptors (Lipinski definition) is 3. The van der Waals surface area contributed by atoms with Crippen molar-refractivity contribution in [2.24, 2.45) is 5.92 Å². The first kappa shape index (κ1) is 12.3. The fourth-order valence-electron chi connectivity index (χ4n) is 1.80. The van der Waals surface area contributed by atoms with Crippen LogP contribution in [0.5, 0.6) is 0 Å². The van der Waals surface area contributed by atoms with Crippen molar-refractivity contribution >= 4 is 6.09 Å². The van der Waals surface area contributed by atoms with Gasteiger partial charge in [0.1, 0.15) is 5.60 Å². The molecular weight excluding hydrogens is 194 g/mol. The number of rotatable bonds is 2. The predicted octanol–water partition coefficient (Wildman–Crippen LogP) is 1.49. The highest BCUT2D eigenvalue weighted by atomic mass is 16.6. The summed E-state index contributed by atoms with van der Waals surface area (Å²) in [5.74, 6) is 0.262. The lowest BCUT2D eigenvalue weighted by Gasteiger charge is -2.44. The molecule has 1 aliphatic rings. The molecule has 0 unspecified atom stereocenters. The number of carbonyl (C=O) groups is 1. The van der Waals surface area contributed by atoms with Gasteiger partial charge in [-0.15, -0.1) is 0 Å². The molecule has 0 aromatic heterocycles. The first-order valence-electron chi connectivity index (χ1n) is 5.21. The summed E-state index contributed by atoms with van der Waals surface area (Å²) >= 11 is 0. The second-order valence-corrected chi connectivity index (χ2v) is 5.36. The Labute approximate surface area is 91.0 Å². The molecule has 0 saturated heterocycles. The molecule has 15 heavy (non-hydrogen) atoms. The lowest BCUT2D eigenvalue weighted by atomic mass is 9.70. The Hall–Kier alpha value is -0.770. The van der Waals surface area contributed by atoms with Crippen molar-refractivity contribution in [3.63, 3.8) is 0 Å². The monoisotopic (exact) mass is 214 g/mol. The number of ether oxygens (including phenoxy) is 1. The number of carbonyl (C=O) groups excluding carboxylic acids is 1. The zero-order valence-corrected chi connectivity index (χ0v) is 9.67. The zero-order chi connectivity index (χ0) is 11.7.